The molecule has 0 saturated carbocycles. The Hall–Kier alpha value is -1.44. The number of ether oxygens (including phenoxy) is 1. The van der Waals surface area contributed by atoms with E-state index in [0.29, 0.717) is 5.56 Å². The summed E-state index contributed by atoms with van der Waals surface area (Å²) in [4.78, 5) is 1.19. The van der Waals surface area contributed by atoms with E-state index in [-0.39, 0.29) is 0 Å². The molecule has 19 heavy (non-hydrogen) atoms. The number of thioether (sulfide) groups is 1. The third kappa shape index (κ3) is 3.76. The zero-order valence-electron chi connectivity index (χ0n) is 10.4. The summed E-state index contributed by atoms with van der Waals surface area (Å²) in [5.41, 5.74) is 1.70. The van der Waals surface area contributed by atoms with Crippen LogP contribution in [0.15, 0.2) is 51.8 Å². The standard InChI is InChI=1S/C15H12BrNOS/c1-18-15-7-2-11(9-17)8-12(15)10-19-14-5-3-13(16)4-6-14/h2-8H,10H2,1H3. The third-order valence-corrected chi connectivity index (χ3v) is 4.21. The molecule has 0 N–H and O–H groups in total. The van der Waals surface area contributed by atoms with Gasteiger partial charge in [-0.2, -0.15) is 5.26 Å². The molecule has 0 aliphatic heterocycles. The molecule has 0 bridgehead atoms. The highest BCUT2D eigenvalue weighted by Crippen LogP contribution is 2.29. The van der Waals surface area contributed by atoms with Gasteiger partial charge >= 0.3 is 0 Å². The van der Waals surface area contributed by atoms with Crippen molar-refractivity contribution in [2.24, 2.45) is 0 Å². The number of nitriles is 1. The van der Waals surface area contributed by atoms with Crippen LogP contribution in [0.25, 0.3) is 0 Å². The minimum absolute atomic E-state index is 0.659. The monoisotopic (exact) mass is 333 g/mol. The first-order chi connectivity index (χ1) is 9.22. The van der Waals surface area contributed by atoms with E-state index in [1.54, 1.807) is 24.9 Å². The van der Waals surface area contributed by atoms with Crippen LogP contribution >= 0.6 is 27.7 Å². The number of hydrogen-bond acceptors (Lipinski definition) is 3. The maximum absolute atomic E-state index is 8.94. The molecule has 0 aliphatic rings. The van der Waals surface area contributed by atoms with Crippen LogP contribution in [-0.2, 0) is 5.75 Å². The molecule has 0 aliphatic carbocycles. The van der Waals surface area contributed by atoms with E-state index in [0.717, 1.165) is 21.5 Å². The van der Waals surface area contributed by atoms with Crippen LogP contribution in [0, 0.1) is 11.3 Å². The van der Waals surface area contributed by atoms with Crippen molar-refractivity contribution in [3.63, 3.8) is 0 Å². The van der Waals surface area contributed by atoms with Gasteiger partial charge in [0, 0.05) is 20.7 Å². The molecule has 0 spiro atoms. The van der Waals surface area contributed by atoms with Crippen LogP contribution in [0.4, 0.5) is 0 Å². The van der Waals surface area contributed by atoms with Crippen molar-refractivity contribution in [3.05, 3.63) is 58.1 Å². The lowest BCUT2D eigenvalue weighted by atomic mass is 10.1. The molecule has 2 aromatic rings. The predicted octanol–water partition coefficient (Wildman–Crippen LogP) is 4.62. The highest BCUT2D eigenvalue weighted by molar-refractivity contribution is 9.10. The number of hydrogen-bond donors (Lipinski definition) is 0. The summed E-state index contributed by atoms with van der Waals surface area (Å²) < 4.78 is 6.39. The first kappa shape index (κ1) is 14.0. The Balaban J connectivity index is 2.14. The summed E-state index contributed by atoms with van der Waals surface area (Å²) in [5, 5.41) is 8.94. The molecular weight excluding hydrogens is 322 g/mol. The van der Waals surface area contributed by atoms with Crippen LogP contribution < -0.4 is 4.74 Å². The summed E-state index contributed by atoms with van der Waals surface area (Å²) in [6.45, 7) is 0. The Kier molecular flexibility index (Phi) is 4.89. The van der Waals surface area contributed by atoms with E-state index < -0.39 is 0 Å². The largest absolute Gasteiger partial charge is 0.496 e. The molecule has 2 nitrogen and oxygen atoms in total. The van der Waals surface area contributed by atoms with Gasteiger partial charge in [0.2, 0.25) is 0 Å². The van der Waals surface area contributed by atoms with Crippen LogP contribution in [0.5, 0.6) is 5.75 Å². The van der Waals surface area contributed by atoms with Gasteiger partial charge in [0.15, 0.2) is 0 Å². The van der Waals surface area contributed by atoms with Crippen LogP contribution in [0.3, 0.4) is 0 Å². The molecular formula is C15H12BrNOS. The minimum atomic E-state index is 0.659. The lowest BCUT2D eigenvalue weighted by Crippen LogP contribution is -1.91. The second-order valence-corrected chi connectivity index (χ2v) is 5.85. The van der Waals surface area contributed by atoms with Gasteiger partial charge in [0.1, 0.15) is 5.75 Å². The van der Waals surface area contributed by atoms with Crippen molar-refractivity contribution in [1.82, 2.24) is 0 Å². The summed E-state index contributed by atoms with van der Waals surface area (Å²) in [7, 11) is 1.65. The fourth-order valence-corrected chi connectivity index (χ4v) is 2.79. The normalized spacial score (nSPS) is 9.95. The zero-order chi connectivity index (χ0) is 13.7. The Morgan fingerprint density at radius 3 is 2.58 bits per heavy atom. The third-order valence-electron chi connectivity index (χ3n) is 2.62. The first-order valence-corrected chi connectivity index (χ1v) is 7.46. The first-order valence-electron chi connectivity index (χ1n) is 5.68. The average Bonchev–Trinajstić information content (AvgIpc) is 2.46. The van der Waals surface area contributed by atoms with Gasteiger partial charge in [-0.15, -0.1) is 11.8 Å². The second kappa shape index (κ2) is 6.65. The lowest BCUT2D eigenvalue weighted by molar-refractivity contribution is 0.411. The van der Waals surface area contributed by atoms with E-state index in [2.05, 4.69) is 34.1 Å². The topological polar surface area (TPSA) is 33.0 Å². The Bertz CT molecular complexity index is 605. The van der Waals surface area contributed by atoms with Crippen molar-refractivity contribution in [2.45, 2.75) is 10.6 Å². The molecule has 0 atom stereocenters. The Morgan fingerprint density at radius 2 is 1.95 bits per heavy atom. The molecule has 0 fully saturated rings. The number of nitrogens with zero attached hydrogens (tertiary/aromatic N) is 1. The molecule has 0 radical (unpaired) electrons. The summed E-state index contributed by atoms with van der Waals surface area (Å²) >= 11 is 5.14. The maximum Gasteiger partial charge on any atom is 0.122 e. The number of benzene rings is 2. The van der Waals surface area contributed by atoms with E-state index in [4.69, 9.17) is 10.00 Å². The van der Waals surface area contributed by atoms with Gasteiger partial charge in [-0.25, -0.2) is 0 Å². The molecule has 0 saturated heterocycles. The maximum atomic E-state index is 8.94. The summed E-state index contributed by atoms with van der Waals surface area (Å²) in [5.74, 6) is 1.60. The van der Waals surface area contributed by atoms with Gasteiger partial charge in [-0.1, -0.05) is 15.9 Å². The molecule has 0 amide bonds. The summed E-state index contributed by atoms with van der Waals surface area (Å²) in [6, 6.07) is 15.8. The molecule has 0 unspecified atom stereocenters. The van der Waals surface area contributed by atoms with E-state index >= 15 is 0 Å². The van der Waals surface area contributed by atoms with E-state index in [1.807, 2.05) is 24.3 Å². The second-order valence-electron chi connectivity index (χ2n) is 3.88. The van der Waals surface area contributed by atoms with Gasteiger partial charge < -0.3 is 4.74 Å². The Labute approximate surface area is 125 Å². The highest BCUT2D eigenvalue weighted by Gasteiger charge is 2.05. The number of rotatable bonds is 4. The van der Waals surface area contributed by atoms with Crippen molar-refractivity contribution in [1.29, 1.82) is 5.26 Å². The number of halogens is 1. The molecule has 0 aromatic heterocycles. The van der Waals surface area contributed by atoms with Gasteiger partial charge in [-0.05, 0) is 42.5 Å². The smallest absolute Gasteiger partial charge is 0.122 e. The molecule has 2 aromatic carbocycles. The van der Waals surface area contributed by atoms with Crippen LogP contribution in [0.1, 0.15) is 11.1 Å². The fraction of sp³-hybridized carbons (Fsp3) is 0.133. The van der Waals surface area contributed by atoms with Crippen molar-refractivity contribution in [2.75, 3.05) is 7.11 Å². The van der Waals surface area contributed by atoms with E-state index in [9.17, 15) is 0 Å². The van der Waals surface area contributed by atoms with E-state index in [1.165, 1.54) is 4.90 Å². The molecule has 0 heterocycles. The summed E-state index contributed by atoms with van der Waals surface area (Å²) in [6.07, 6.45) is 0. The van der Waals surface area contributed by atoms with Gasteiger partial charge in [0.05, 0.1) is 18.7 Å². The number of methoxy groups -OCH3 is 1. The highest BCUT2D eigenvalue weighted by atomic mass is 79.9. The van der Waals surface area contributed by atoms with Gasteiger partial charge in [0.25, 0.3) is 0 Å². The van der Waals surface area contributed by atoms with Crippen LogP contribution in [-0.4, -0.2) is 7.11 Å². The minimum Gasteiger partial charge on any atom is -0.496 e. The molecule has 96 valence electrons. The van der Waals surface area contributed by atoms with Gasteiger partial charge in [-0.3, -0.25) is 0 Å². The molecule has 2 rings (SSSR count). The SMILES string of the molecule is COc1ccc(C#N)cc1CSc1ccc(Br)cc1. The fourth-order valence-electron chi connectivity index (χ4n) is 1.65. The predicted molar refractivity (Wildman–Crippen MR) is 81.4 cm³/mol. The quantitative estimate of drug-likeness (QED) is 0.765. The van der Waals surface area contributed by atoms with Crippen LogP contribution in [0.2, 0.25) is 0 Å². The van der Waals surface area contributed by atoms with Crippen molar-refractivity contribution < 1.29 is 4.74 Å². The van der Waals surface area contributed by atoms with Crippen molar-refractivity contribution in [3.8, 4) is 11.8 Å². The van der Waals surface area contributed by atoms with Crippen molar-refractivity contribution >= 4 is 27.7 Å². The zero-order valence-corrected chi connectivity index (χ0v) is 12.8. The molecule has 4 heteroatoms. The average molecular weight is 334 g/mol. The lowest BCUT2D eigenvalue weighted by Gasteiger charge is -2.08. The Morgan fingerprint density at radius 1 is 1.21 bits per heavy atom.